The van der Waals surface area contributed by atoms with Gasteiger partial charge in [-0.2, -0.15) is 11.8 Å². The van der Waals surface area contributed by atoms with Gasteiger partial charge in [0.2, 0.25) is 0 Å². The minimum Gasteiger partial charge on any atom is -0.326 e. The van der Waals surface area contributed by atoms with Crippen molar-refractivity contribution in [3.05, 3.63) is 0 Å². The van der Waals surface area contributed by atoms with Crippen molar-refractivity contribution in [2.24, 2.45) is 0 Å². The molecule has 0 saturated carbocycles. The molecule has 1 unspecified atom stereocenters. The maximum absolute atomic E-state index is 11.3. The number of carbonyl (C=O) groups is 2. The van der Waals surface area contributed by atoms with E-state index in [0.29, 0.717) is 0 Å². The Morgan fingerprint density at radius 3 is 2.67 bits per heavy atom. The molecule has 1 rings (SSSR count). The van der Waals surface area contributed by atoms with Crippen molar-refractivity contribution in [3.8, 4) is 0 Å². The molecular weight excluding hydrogens is 176 g/mol. The normalized spacial score (nSPS) is 23.2. The Bertz CT molecular complexity index is 208. The maximum atomic E-state index is 11.3. The first-order valence-corrected chi connectivity index (χ1v) is 5.13. The summed E-state index contributed by atoms with van der Waals surface area (Å²) in [5, 5.41) is 2.61. The van der Waals surface area contributed by atoms with Gasteiger partial charge in [0.05, 0.1) is 0 Å². The molecule has 0 aliphatic carbocycles. The molecule has 0 aromatic rings. The van der Waals surface area contributed by atoms with E-state index in [2.05, 4.69) is 5.32 Å². The molecule has 1 saturated heterocycles. The van der Waals surface area contributed by atoms with Gasteiger partial charge in [-0.3, -0.25) is 9.69 Å². The summed E-state index contributed by atoms with van der Waals surface area (Å²) in [6, 6.07) is -0.582. The fourth-order valence-corrected chi connectivity index (χ4v) is 1.54. The molecule has 5 heteroatoms. The van der Waals surface area contributed by atoms with E-state index < -0.39 is 0 Å². The molecular formula is C7H12N2O2S. The van der Waals surface area contributed by atoms with Crippen molar-refractivity contribution in [1.29, 1.82) is 0 Å². The van der Waals surface area contributed by atoms with Crippen LogP contribution in [0.2, 0.25) is 0 Å². The van der Waals surface area contributed by atoms with E-state index in [-0.39, 0.29) is 18.0 Å². The van der Waals surface area contributed by atoms with Gasteiger partial charge < -0.3 is 5.32 Å². The molecule has 0 radical (unpaired) electrons. The van der Waals surface area contributed by atoms with Crippen molar-refractivity contribution in [2.75, 3.05) is 19.1 Å². The van der Waals surface area contributed by atoms with Crippen LogP contribution in [-0.2, 0) is 4.79 Å². The Morgan fingerprint density at radius 2 is 2.25 bits per heavy atom. The van der Waals surface area contributed by atoms with Crippen LogP contribution in [-0.4, -0.2) is 41.9 Å². The number of hydrogen-bond donors (Lipinski definition) is 1. The molecule has 1 heterocycles. The van der Waals surface area contributed by atoms with Crippen molar-refractivity contribution in [2.45, 2.75) is 12.5 Å². The second-order valence-electron chi connectivity index (χ2n) is 2.68. The fourth-order valence-electron chi connectivity index (χ4n) is 1.07. The van der Waals surface area contributed by atoms with Gasteiger partial charge >= 0.3 is 6.03 Å². The van der Waals surface area contributed by atoms with Crippen LogP contribution in [0.3, 0.4) is 0 Å². The van der Waals surface area contributed by atoms with Crippen LogP contribution in [0.15, 0.2) is 0 Å². The van der Waals surface area contributed by atoms with E-state index >= 15 is 0 Å². The highest BCUT2D eigenvalue weighted by molar-refractivity contribution is 7.98. The van der Waals surface area contributed by atoms with Gasteiger partial charge in [-0.15, -0.1) is 0 Å². The summed E-state index contributed by atoms with van der Waals surface area (Å²) in [4.78, 5) is 23.3. The topological polar surface area (TPSA) is 49.4 Å². The Labute approximate surface area is 75.7 Å². The number of imide groups is 1. The molecule has 3 amide bonds. The second kappa shape index (κ2) is 3.80. The van der Waals surface area contributed by atoms with Crippen molar-refractivity contribution in [3.63, 3.8) is 0 Å². The van der Waals surface area contributed by atoms with E-state index in [0.717, 1.165) is 17.1 Å². The number of rotatable bonds is 3. The zero-order chi connectivity index (χ0) is 9.14. The molecule has 0 bridgehead atoms. The highest BCUT2D eigenvalue weighted by atomic mass is 32.2. The number of nitrogens with zero attached hydrogens (tertiary/aromatic N) is 1. The summed E-state index contributed by atoms with van der Waals surface area (Å²) in [5.41, 5.74) is 0. The monoisotopic (exact) mass is 188 g/mol. The number of urea groups is 1. The SMILES string of the molecule is CSCCC1NC(=O)N(C)C1=O. The Balaban J connectivity index is 2.47. The lowest BCUT2D eigenvalue weighted by atomic mass is 10.2. The van der Waals surface area contributed by atoms with E-state index in [4.69, 9.17) is 0 Å². The number of thioether (sulfide) groups is 1. The molecule has 12 heavy (non-hydrogen) atoms. The third kappa shape index (κ3) is 1.72. The number of carbonyl (C=O) groups excluding carboxylic acids is 2. The number of hydrogen-bond acceptors (Lipinski definition) is 3. The molecule has 1 fully saturated rings. The third-order valence-electron chi connectivity index (χ3n) is 1.84. The zero-order valence-corrected chi connectivity index (χ0v) is 7.98. The first-order valence-electron chi connectivity index (χ1n) is 3.74. The Kier molecular flexibility index (Phi) is 2.97. The molecule has 0 spiro atoms. The minimum atomic E-state index is -0.296. The molecule has 1 atom stereocenters. The van der Waals surface area contributed by atoms with Crippen LogP contribution in [0, 0.1) is 0 Å². The second-order valence-corrected chi connectivity index (χ2v) is 3.67. The predicted molar refractivity (Wildman–Crippen MR) is 48.1 cm³/mol. The van der Waals surface area contributed by atoms with E-state index in [9.17, 15) is 9.59 Å². The Hall–Kier alpha value is -0.710. The first kappa shape index (κ1) is 9.38. The Morgan fingerprint density at radius 1 is 1.58 bits per heavy atom. The quantitative estimate of drug-likeness (QED) is 0.648. The maximum Gasteiger partial charge on any atom is 0.324 e. The van der Waals surface area contributed by atoms with Crippen molar-refractivity contribution in [1.82, 2.24) is 10.2 Å². The van der Waals surface area contributed by atoms with Crippen LogP contribution in [0.25, 0.3) is 0 Å². The van der Waals surface area contributed by atoms with Crippen LogP contribution in [0.5, 0.6) is 0 Å². The average molecular weight is 188 g/mol. The fraction of sp³-hybridized carbons (Fsp3) is 0.714. The van der Waals surface area contributed by atoms with Crippen LogP contribution in [0.1, 0.15) is 6.42 Å². The van der Waals surface area contributed by atoms with Crippen LogP contribution < -0.4 is 5.32 Å². The van der Waals surface area contributed by atoms with Crippen molar-refractivity contribution < 1.29 is 9.59 Å². The average Bonchev–Trinajstić information content (AvgIpc) is 2.30. The smallest absolute Gasteiger partial charge is 0.324 e. The highest BCUT2D eigenvalue weighted by Gasteiger charge is 2.34. The van der Waals surface area contributed by atoms with Crippen LogP contribution in [0.4, 0.5) is 4.79 Å². The standard InChI is InChI=1S/C7H12N2O2S/c1-9-6(10)5(3-4-12-2)8-7(9)11/h5H,3-4H2,1-2H3,(H,8,11). The third-order valence-corrected chi connectivity index (χ3v) is 2.49. The molecule has 0 aromatic heterocycles. The summed E-state index contributed by atoms with van der Waals surface area (Å²) in [6.07, 6.45) is 2.70. The van der Waals surface area contributed by atoms with Crippen molar-refractivity contribution >= 4 is 23.7 Å². The summed E-state index contributed by atoms with van der Waals surface area (Å²) in [5.74, 6) is 0.777. The van der Waals surface area contributed by atoms with Gasteiger partial charge in [-0.1, -0.05) is 0 Å². The van der Waals surface area contributed by atoms with Gasteiger partial charge in [0.1, 0.15) is 6.04 Å². The summed E-state index contributed by atoms with van der Waals surface area (Å²) < 4.78 is 0. The number of amides is 3. The summed E-state index contributed by atoms with van der Waals surface area (Å²) in [7, 11) is 1.50. The summed E-state index contributed by atoms with van der Waals surface area (Å²) >= 11 is 1.67. The molecule has 1 aliphatic rings. The van der Waals surface area contributed by atoms with Gasteiger partial charge in [0.15, 0.2) is 0 Å². The number of nitrogens with one attached hydrogen (secondary N) is 1. The van der Waals surface area contributed by atoms with E-state index in [1.807, 2.05) is 6.26 Å². The largest absolute Gasteiger partial charge is 0.326 e. The van der Waals surface area contributed by atoms with Crippen LogP contribution >= 0.6 is 11.8 Å². The van der Waals surface area contributed by atoms with Gasteiger partial charge in [0.25, 0.3) is 5.91 Å². The first-order chi connectivity index (χ1) is 5.66. The number of likely N-dealkylation sites (N-methyl/N-ethyl adjacent to an activating group) is 1. The lowest BCUT2D eigenvalue weighted by Gasteiger charge is -2.05. The van der Waals surface area contributed by atoms with Gasteiger partial charge in [0, 0.05) is 7.05 Å². The molecule has 1 N–H and O–H groups in total. The highest BCUT2D eigenvalue weighted by Crippen LogP contribution is 2.09. The lowest BCUT2D eigenvalue weighted by molar-refractivity contribution is -0.126. The van der Waals surface area contributed by atoms with Gasteiger partial charge in [-0.25, -0.2) is 4.79 Å². The van der Waals surface area contributed by atoms with Gasteiger partial charge in [-0.05, 0) is 18.4 Å². The molecule has 4 nitrogen and oxygen atoms in total. The zero-order valence-electron chi connectivity index (χ0n) is 7.16. The molecule has 68 valence electrons. The van der Waals surface area contributed by atoms with E-state index in [1.165, 1.54) is 7.05 Å². The van der Waals surface area contributed by atoms with E-state index in [1.54, 1.807) is 11.8 Å². The summed E-state index contributed by atoms with van der Waals surface area (Å²) in [6.45, 7) is 0. The minimum absolute atomic E-state index is 0.117. The molecule has 1 aliphatic heterocycles. The predicted octanol–water partition coefficient (Wildman–Crippen LogP) is 0.290. The molecule has 0 aromatic carbocycles. The lowest BCUT2D eigenvalue weighted by Crippen LogP contribution is -2.29.